The Bertz CT molecular complexity index is 876. The van der Waals surface area contributed by atoms with E-state index in [1.807, 2.05) is 0 Å². The van der Waals surface area contributed by atoms with Crippen LogP contribution in [0.3, 0.4) is 0 Å². The van der Waals surface area contributed by atoms with E-state index < -0.39 is 61.6 Å². The second-order valence-electron chi connectivity index (χ2n) is 9.29. The first kappa shape index (κ1) is 35.4. The molecule has 1 aliphatic rings. The standard InChI is InChI=1S/C16H41N5O12P4/c17-4-2-1-3-16-11-20(14-36(28,29)30)8-7-18(12-34(22,23)24)5-6-19(13-35(25,26)27)9-10-21(16)15-37(31,32)33/h16H,1-15,17H2,(H2,22,23,24)(H2,25,26,27)(H2,28,29,30)(H2,31,32,33). The molecule has 0 amide bonds. The quantitative estimate of drug-likeness (QED) is 0.0865. The highest BCUT2D eigenvalue weighted by Crippen LogP contribution is 2.39. The summed E-state index contributed by atoms with van der Waals surface area (Å²) < 4.78 is 47.1. The molecule has 1 atom stereocenters. The van der Waals surface area contributed by atoms with E-state index in [0.29, 0.717) is 25.8 Å². The highest BCUT2D eigenvalue weighted by molar-refractivity contribution is 7.52. The summed E-state index contributed by atoms with van der Waals surface area (Å²) in [5.74, 6) is 0. The Kier molecular flexibility index (Phi) is 14.8. The van der Waals surface area contributed by atoms with Gasteiger partial charge >= 0.3 is 30.4 Å². The molecule has 1 saturated heterocycles. The van der Waals surface area contributed by atoms with Crippen molar-refractivity contribution in [3.8, 4) is 0 Å². The molecule has 21 heteroatoms. The van der Waals surface area contributed by atoms with Gasteiger partial charge in [-0.2, -0.15) is 0 Å². The molecule has 17 nitrogen and oxygen atoms in total. The minimum atomic E-state index is -4.58. The van der Waals surface area contributed by atoms with Gasteiger partial charge in [0.15, 0.2) is 0 Å². The second-order valence-corrected chi connectivity index (χ2v) is 15.7. The average Bonchev–Trinajstić information content (AvgIpc) is 2.67. The number of unbranched alkanes of at least 4 members (excludes halogenated alkanes) is 1. The Balaban J connectivity index is 3.38. The topological polar surface area (TPSA) is 269 Å². The van der Waals surface area contributed by atoms with Gasteiger partial charge < -0.3 is 44.9 Å². The van der Waals surface area contributed by atoms with Crippen LogP contribution >= 0.6 is 30.4 Å². The molecule has 0 bridgehead atoms. The number of hydrogen-bond donors (Lipinski definition) is 9. The van der Waals surface area contributed by atoms with E-state index in [0.717, 1.165) is 0 Å². The lowest BCUT2D eigenvalue weighted by molar-refractivity contribution is 0.108. The van der Waals surface area contributed by atoms with Gasteiger partial charge in [-0.3, -0.25) is 37.9 Å². The lowest BCUT2D eigenvalue weighted by atomic mass is 10.1. The number of hydrogen-bond acceptors (Lipinski definition) is 9. The van der Waals surface area contributed by atoms with E-state index >= 15 is 0 Å². The third-order valence-corrected chi connectivity index (χ3v) is 8.70. The zero-order valence-electron chi connectivity index (χ0n) is 20.5. The first-order chi connectivity index (χ1) is 16.8. The molecule has 0 saturated carbocycles. The van der Waals surface area contributed by atoms with Crippen LogP contribution in [0.4, 0.5) is 0 Å². The average molecular weight is 619 g/mol. The van der Waals surface area contributed by atoms with Crippen LogP contribution in [0.15, 0.2) is 0 Å². The van der Waals surface area contributed by atoms with Gasteiger partial charge in [-0.25, -0.2) is 0 Å². The van der Waals surface area contributed by atoms with Crippen LogP contribution < -0.4 is 5.73 Å². The summed E-state index contributed by atoms with van der Waals surface area (Å²) in [7, 11) is -18.2. The van der Waals surface area contributed by atoms with E-state index in [9.17, 15) is 57.4 Å². The van der Waals surface area contributed by atoms with Crippen LogP contribution in [-0.4, -0.2) is 142 Å². The molecular formula is C16H41N5O12P4. The Morgan fingerprint density at radius 3 is 1.35 bits per heavy atom. The summed E-state index contributed by atoms with van der Waals surface area (Å²) in [4.78, 5) is 82.1. The smallest absolute Gasteiger partial charge is 0.330 e. The summed E-state index contributed by atoms with van der Waals surface area (Å²) in [5.41, 5.74) is 5.57. The Morgan fingerprint density at radius 1 is 0.568 bits per heavy atom. The first-order valence-corrected chi connectivity index (χ1v) is 18.7. The maximum absolute atomic E-state index is 11.9. The lowest BCUT2D eigenvalue weighted by Gasteiger charge is -2.39. The monoisotopic (exact) mass is 619 g/mol. The fourth-order valence-electron chi connectivity index (χ4n) is 4.16. The minimum Gasteiger partial charge on any atom is -0.330 e. The number of nitrogens with zero attached hydrogens (tertiary/aromatic N) is 4. The van der Waals surface area contributed by atoms with Crippen molar-refractivity contribution >= 4 is 30.4 Å². The largest absolute Gasteiger partial charge is 0.339 e. The summed E-state index contributed by atoms with van der Waals surface area (Å²) in [6, 6.07) is -0.600. The summed E-state index contributed by atoms with van der Waals surface area (Å²) in [5, 5.41) is 0. The fourth-order valence-corrected chi connectivity index (χ4v) is 7.39. The van der Waals surface area contributed by atoms with Gasteiger partial charge in [-0.1, -0.05) is 6.42 Å². The summed E-state index contributed by atoms with van der Waals surface area (Å²) >= 11 is 0. The van der Waals surface area contributed by atoms with E-state index in [1.54, 1.807) is 0 Å². The fraction of sp³-hybridized carbons (Fsp3) is 1.00. The molecule has 0 aromatic heterocycles. The molecule has 0 aliphatic carbocycles. The van der Waals surface area contributed by atoms with Gasteiger partial charge in [0.05, 0.1) is 0 Å². The van der Waals surface area contributed by atoms with Crippen LogP contribution in [0.25, 0.3) is 0 Å². The number of nitrogens with two attached hydrogens (primary N) is 1. The Hall–Kier alpha value is 0.400. The molecule has 1 rings (SSSR count). The van der Waals surface area contributed by atoms with Crippen molar-refractivity contribution in [1.82, 2.24) is 19.6 Å². The molecule has 1 fully saturated rings. The third-order valence-electron chi connectivity index (χ3n) is 5.66. The van der Waals surface area contributed by atoms with Gasteiger partial charge in [-0.15, -0.1) is 0 Å². The molecule has 1 heterocycles. The van der Waals surface area contributed by atoms with Crippen LogP contribution in [0, 0.1) is 0 Å². The maximum atomic E-state index is 11.9. The van der Waals surface area contributed by atoms with Crippen molar-refractivity contribution in [1.29, 1.82) is 0 Å². The highest BCUT2D eigenvalue weighted by atomic mass is 31.2. The van der Waals surface area contributed by atoms with E-state index in [1.165, 1.54) is 19.6 Å². The predicted octanol–water partition coefficient (Wildman–Crippen LogP) is -1.75. The summed E-state index contributed by atoms with van der Waals surface area (Å²) in [6.45, 7) is 0.201. The molecule has 1 aliphatic heterocycles. The molecule has 0 aromatic rings. The van der Waals surface area contributed by atoms with Crippen molar-refractivity contribution in [3.63, 3.8) is 0 Å². The molecule has 0 spiro atoms. The van der Waals surface area contributed by atoms with E-state index in [4.69, 9.17) is 5.73 Å². The Morgan fingerprint density at radius 2 is 0.946 bits per heavy atom. The molecule has 1 unspecified atom stereocenters. The van der Waals surface area contributed by atoms with Gasteiger partial charge in [0.25, 0.3) is 0 Å². The van der Waals surface area contributed by atoms with Crippen LogP contribution in [0.5, 0.6) is 0 Å². The van der Waals surface area contributed by atoms with Gasteiger partial charge in [0.2, 0.25) is 0 Å². The van der Waals surface area contributed by atoms with Crippen molar-refractivity contribution in [2.75, 3.05) is 77.5 Å². The molecule has 222 valence electrons. The third kappa shape index (κ3) is 18.4. The molecule has 0 radical (unpaired) electrons. The summed E-state index contributed by atoms with van der Waals surface area (Å²) in [6.07, 6.45) is -1.14. The normalized spacial score (nSPS) is 22.0. The zero-order valence-corrected chi connectivity index (χ0v) is 24.1. The van der Waals surface area contributed by atoms with Crippen molar-refractivity contribution in [2.24, 2.45) is 5.73 Å². The van der Waals surface area contributed by atoms with Crippen molar-refractivity contribution in [3.05, 3.63) is 0 Å². The predicted molar refractivity (Wildman–Crippen MR) is 136 cm³/mol. The molecular weight excluding hydrogens is 578 g/mol. The van der Waals surface area contributed by atoms with Gasteiger partial charge in [0.1, 0.15) is 25.1 Å². The van der Waals surface area contributed by atoms with Gasteiger partial charge in [0, 0.05) is 51.9 Å². The van der Waals surface area contributed by atoms with Crippen LogP contribution in [-0.2, 0) is 18.3 Å². The zero-order chi connectivity index (χ0) is 28.5. The van der Waals surface area contributed by atoms with E-state index in [-0.39, 0.29) is 45.8 Å². The minimum absolute atomic E-state index is 0.0159. The number of rotatable bonds is 12. The first-order valence-electron chi connectivity index (χ1n) is 11.6. The SMILES string of the molecule is NCCCCC1CN(CP(=O)(O)O)CCN(CP(=O)(O)O)CCN(CP(=O)(O)O)CCN1CP(=O)(O)O. The maximum Gasteiger partial charge on any atom is 0.339 e. The molecule has 37 heavy (non-hydrogen) atoms. The molecule has 10 N–H and O–H groups in total. The van der Waals surface area contributed by atoms with Crippen LogP contribution in [0.1, 0.15) is 19.3 Å². The highest BCUT2D eigenvalue weighted by Gasteiger charge is 2.32. The second kappa shape index (κ2) is 15.4. The van der Waals surface area contributed by atoms with Crippen LogP contribution in [0.2, 0.25) is 0 Å². The van der Waals surface area contributed by atoms with E-state index in [2.05, 4.69) is 0 Å². The Labute approximate surface area is 216 Å². The lowest BCUT2D eigenvalue weighted by Crippen LogP contribution is -2.50. The van der Waals surface area contributed by atoms with Gasteiger partial charge in [-0.05, 0) is 19.4 Å². The molecule has 0 aromatic carbocycles. The van der Waals surface area contributed by atoms with Crippen molar-refractivity contribution in [2.45, 2.75) is 25.3 Å². The van der Waals surface area contributed by atoms with Crippen molar-refractivity contribution < 1.29 is 57.4 Å².